The molecular weight excluding hydrogens is 234 g/mol. The number of nitrogens with zero attached hydrogens (tertiary/aromatic N) is 1. The van der Waals surface area contributed by atoms with Crippen molar-refractivity contribution in [2.24, 2.45) is 0 Å². The van der Waals surface area contributed by atoms with Crippen LogP contribution < -0.4 is 4.90 Å². The molecule has 2 rings (SSSR count). The molecule has 1 N–H and O–H groups in total. The van der Waals surface area contributed by atoms with E-state index in [1.54, 1.807) is 12.1 Å². The Morgan fingerprint density at radius 2 is 2.22 bits per heavy atom. The lowest BCUT2D eigenvalue weighted by Gasteiger charge is -2.17. The van der Waals surface area contributed by atoms with Crippen molar-refractivity contribution in [2.75, 3.05) is 18.1 Å². The number of carboxylic acid groups (broad SMARTS) is 1. The van der Waals surface area contributed by atoms with Crippen molar-refractivity contribution in [1.82, 2.24) is 0 Å². The van der Waals surface area contributed by atoms with Gasteiger partial charge in [-0.1, -0.05) is 13.0 Å². The molecule has 1 aliphatic rings. The molecule has 0 bridgehead atoms. The van der Waals surface area contributed by atoms with Crippen molar-refractivity contribution in [3.8, 4) is 0 Å². The summed E-state index contributed by atoms with van der Waals surface area (Å²) in [4.78, 5) is 24.2. The van der Waals surface area contributed by atoms with Crippen molar-refractivity contribution >= 4 is 17.7 Å². The zero-order chi connectivity index (χ0) is 13.1. The van der Waals surface area contributed by atoms with Crippen LogP contribution in [0.5, 0.6) is 0 Å². The maximum Gasteiger partial charge on any atom is 0.414 e. The Labute approximate surface area is 105 Å². The Morgan fingerprint density at radius 3 is 2.89 bits per heavy atom. The van der Waals surface area contributed by atoms with E-state index in [-0.39, 0.29) is 5.56 Å². The van der Waals surface area contributed by atoms with Crippen LogP contribution in [-0.2, 0) is 11.2 Å². The van der Waals surface area contributed by atoms with E-state index in [4.69, 9.17) is 9.84 Å². The molecule has 96 valence electrons. The standard InChI is InChI=1S/C13H15NO4/c1-2-7-18-13(17)14-6-5-9-3-4-10(12(15)16)8-11(9)14/h3-4,8H,2,5-7H2,1H3,(H,15,16). The zero-order valence-electron chi connectivity index (χ0n) is 10.2. The normalized spacial score (nSPS) is 13.3. The van der Waals surface area contributed by atoms with Crippen LogP contribution in [0.1, 0.15) is 29.3 Å². The first-order valence-electron chi connectivity index (χ1n) is 5.94. The van der Waals surface area contributed by atoms with E-state index >= 15 is 0 Å². The number of benzene rings is 1. The van der Waals surface area contributed by atoms with Gasteiger partial charge in [0, 0.05) is 6.54 Å². The lowest BCUT2D eigenvalue weighted by atomic mass is 10.1. The summed E-state index contributed by atoms with van der Waals surface area (Å²) in [5, 5.41) is 8.95. The van der Waals surface area contributed by atoms with Crippen LogP contribution in [-0.4, -0.2) is 30.3 Å². The first kappa shape index (κ1) is 12.4. The SMILES string of the molecule is CCCOC(=O)N1CCc2ccc(C(=O)O)cc21. The van der Waals surface area contributed by atoms with E-state index in [1.807, 2.05) is 6.92 Å². The van der Waals surface area contributed by atoms with Crippen molar-refractivity contribution in [3.63, 3.8) is 0 Å². The van der Waals surface area contributed by atoms with Crippen molar-refractivity contribution < 1.29 is 19.4 Å². The molecule has 0 saturated heterocycles. The minimum absolute atomic E-state index is 0.184. The highest BCUT2D eigenvalue weighted by atomic mass is 16.6. The molecule has 5 heteroatoms. The highest BCUT2D eigenvalue weighted by Crippen LogP contribution is 2.29. The largest absolute Gasteiger partial charge is 0.478 e. The predicted molar refractivity (Wildman–Crippen MR) is 66.1 cm³/mol. The monoisotopic (exact) mass is 249 g/mol. The third-order valence-electron chi connectivity index (χ3n) is 2.88. The highest BCUT2D eigenvalue weighted by Gasteiger charge is 2.26. The first-order chi connectivity index (χ1) is 8.63. The van der Waals surface area contributed by atoms with Gasteiger partial charge in [0.1, 0.15) is 0 Å². The molecule has 5 nitrogen and oxygen atoms in total. The molecule has 0 aliphatic carbocycles. The van der Waals surface area contributed by atoms with E-state index in [0.29, 0.717) is 18.8 Å². The van der Waals surface area contributed by atoms with Crippen LogP contribution in [0.3, 0.4) is 0 Å². The molecule has 1 heterocycles. The number of amides is 1. The highest BCUT2D eigenvalue weighted by molar-refractivity contribution is 5.94. The fraction of sp³-hybridized carbons (Fsp3) is 0.385. The van der Waals surface area contributed by atoms with Crippen molar-refractivity contribution in [1.29, 1.82) is 0 Å². The van der Waals surface area contributed by atoms with Gasteiger partial charge in [-0.05, 0) is 30.5 Å². The van der Waals surface area contributed by atoms with E-state index in [9.17, 15) is 9.59 Å². The number of anilines is 1. The van der Waals surface area contributed by atoms with Crippen molar-refractivity contribution in [3.05, 3.63) is 29.3 Å². The molecule has 1 amide bonds. The number of hydrogen-bond acceptors (Lipinski definition) is 3. The second-order valence-electron chi connectivity index (χ2n) is 4.16. The van der Waals surface area contributed by atoms with Gasteiger partial charge in [0.15, 0.2) is 0 Å². The lowest BCUT2D eigenvalue weighted by molar-refractivity contribution is 0.0696. The second-order valence-corrected chi connectivity index (χ2v) is 4.16. The number of carbonyl (C=O) groups excluding carboxylic acids is 1. The Bertz CT molecular complexity index is 484. The Kier molecular flexibility index (Phi) is 3.50. The summed E-state index contributed by atoms with van der Waals surface area (Å²) in [6, 6.07) is 4.84. The fourth-order valence-electron chi connectivity index (χ4n) is 1.97. The van der Waals surface area contributed by atoms with E-state index in [1.165, 1.54) is 11.0 Å². The van der Waals surface area contributed by atoms with Gasteiger partial charge in [-0.2, -0.15) is 0 Å². The Morgan fingerprint density at radius 1 is 1.44 bits per heavy atom. The molecule has 1 aromatic carbocycles. The molecule has 0 fully saturated rings. The summed E-state index contributed by atoms with van der Waals surface area (Å²) in [6.45, 7) is 2.85. The van der Waals surface area contributed by atoms with Gasteiger partial charge in [0.2, 0.25) is 0 Å². The van der Waals surface area contributed by atoms with Crippen LogP contribution in [0, 0.1) is 0 Å². The smallest absolute Gasteiger partial charge is 0.414 e. The summed E-state index contributed by atoms with van der Waals surface area (Å²) in [7, 11) is 0. The van der Waals surface area contributed by atoms with Crippen LogP contribution in [0.25, 0.3) is 0 Å². The topological polar surface area (TPSA) is 66.8 Å². The van der Waals surface area contributed by atoms with E-state index in [2.05, 4.69) is 0 Å². The van der Waals surface area contributed by atoms with Gasteiger partial charge in [0.25, 0.3) is 0 Å². The van der Waals surface area contributed by atoms with Crippen LogP contribution in [0.15, 0.2) is 18.2 Å². The quantitative estimate of drug-likeness (QED) is 0.892. The van der Waals surface area contributed by atoms with E-state index in [0.717, 1.165) is 18.4 Å². The van der Waals surface area contributed by atoms with E-state index < -0.39 is 12.1 Å². The lowest BCUT2D eigenvalue weighted by Crippen LogP contribution is -2.29. The van der Waals surface area contributed by atoms with Crippen LogP contribution in [0.2, 0.25) is 0 Å². The molecule has 1 aromatic rings. The van der Waals surface area contributed by atoms with Gasteiger partial charge in [-0.15, -0.1) is 0 Å². The third kappa shape index (κ3) is 2.30. The van der Waals surface area contributed by atoms with Crippen LogP contribution in [0.4, 0.5) is 10.5 Å². The summed E-state index contributed by atoms with van der Waals surface area (Å²) < 4.78 is 5.07. The molecule has 0 aromatic heterocycles. The average Bonchev–Trinajstić information content (AvgIpc) is 2.78. The Hall–Kier alpha value is -2.04. The minimum Gasteiger partial charge on any atom is -0.478 e. The van der Waals surface area contributed by atoms with Gasteiger partial charge >= 0.3 is 12.1 Å². The molecule has 0 unspecified atom stereocenters. The molecular formula is C13H15NO4. The number of rotatable bonds is 3. The van der Waals surface area contributed by atoms with Crippen molar-refractivity contribution in [2.45, 2.75) is 19.8 Å². The molecule has 1 aliphatic heterocycles. The Balaban J connectivity index is 2.23. The molecule has 0 saturated carbocycles. The maximum atomic E-state index is 11.8. The fourth-order valence-corrected chi connectivity index (χ4v) is 1.97. The van der Waals surface area contributed by atoms with Crippen LogP contribution >= 0.6 is 0 Å². The number of hydrogen-bond donors (Lipinski definition) is 1. The molecule has 0 atom stereocenters. The molecule has 0 radical (unpaired) electrons. The van der Waals surface area contributed by atoms with Gasteiger partial charge < -0.3 is 9.84 Å². The molecule has 0 spiro atoms. The molecule has 18 heavy (non-hydrogen) atoms. The summed E-state index contributed by atoms with van der Waals surface area (Å²) in [5.74, 6) is -0.994. The number of carbonyl (C=O) groups is 2. The number of ether oxygens (including phenoxy) is 1. The van der Waals surface area contributed by atoms with Gasteiger partial charge in [0.05, 0.1) is 17.9 Å². The summed E-state index contributed by atoms with van der Waals surface area (Å²) in [5.41, 5.74) is 1.81. The number of carboxylic acids is 1. The number of aromatic carboxylic acids is 1. The second kappa shape index (κ2) is 5.08. The maximum absolute atomic E-state index is 11.8. The van der Waals surface area contributed by atoms with Gasteiger partial charge in [-0.3, -0.25) is 4.90 Å². The first-order valence-corrected chi connectivity index (χ1v) is 5.94. The minimum atomic E-state index is -0.994. The average molecular weight is 249 g/mol. The summed E-state index contributed by atoms with van der Waals surface area (Å²) in [6.07, 6.45) is 1.09. The predicted octanol–water partition coefficient (Wildman–Crippen LogP) is 2.29. The zero-order valence-corrected chi connectivity index (χ0v) is 10.2. The van der Waals surface area contributed by atoms with Gasteiger partial charge in [-0.25, -0.2) is 9.59 Å². The third-order valence-corrected chi connectivity index (χ3v) is 2.88. The summed E-state index contributed by atoms with van der Waals surface area (Å²) >= 11 is 0. The number of fused-ring (bicyclic) bond motifs is 1.